The van der Waals surface area contributed by atoms with Crippen molar-refractivity contribution in [2.75, 3.05) is 6.61 Å². The monoisotopic (exact) mass is 330 g/mol. The molecule has 0 spiro atoms. The molecule has 130 valence electrons. The molecule has 1 aromatic heterocycles. The second-order valence-corrected chi connectivity index (χ2v) is 8.31. The number of aromatic nitrogens is 2. The van der Waals surface area contributed by atoms with Crippen LogP contribution in [0.3, 0.4) is 0 Å². The smallest absolute Gasteiger partial charge is 0.400 e. The zero-order valence-corrected chi connectivity index (χ0v) is 15.1. The molecular weight excluding hydrogens is 303 g/mol. The van der Waals surface area contributed by atoms with Crippen molar-refractivity contribution >= 4 is 7.12 Å². The van der Waals surface area contributed by atoms with Crippen molar-refractivity contribution in [2.45, 2.75) is 70.8 Å². The van der Waals surface area contributed by atoms with Gasteiger partial charge in [0.25, 0.3) is 0 Å². The van der Waals surface area contributed by atoms with Crippen LogP contribution in [0.2, 0.25) is 0 Å². The van der Waals surface area contributed by atoms with E-state index in [1.807, 2.05) is 10.9 Å². The van der Waals surface area contributed by atoms with E-state index in [-0.39, 0.29) is 24.4 Å². The highest BCUT2D eigenvalue weighted by atomic mass is 16.7. The van der Waals surface area contributed by atoms with Crippen LogP contribution in [-0.4, -0.2) is 34.7 Å². The van der Waals surface area contributed by atoms with E-state index in [4.69, 9.17) is 14.0 Å². The molecule has 4 rings (SSSR count). The molecule has 24 heavy (non-hydrogen) atoms. The van der Waals surface area contributed by atoms with Crippen LogP contribution in [0.4, 0.5) is 0 Å². The van der Waals surface area contributed by atoms with Gasteiger partial charge >= 0.3 is 7.12 Å². The van der Waals surface area contributed by atoms with Crippen molar-refractivity contribution in [1.29, 1.82) is 0 Å². The van der Waals surface area contributed by atoms with Crippen LogP contribution in [0.25, 0.3) is 0 Å². The first kappa shape index (κ1) is 16.4. The summed E-state index contributed by atoms with van der Waals surface area (Å²) in [5.41, 5.74) is 1.69. The summed E-state index contributed by atoms with van der Waals surface area (Å²) < 4.78 is 20.4. The lowest BCUT2D eigenvalue weighted by atomic mass is 9.74. The summed E-state index contributed by atoms with van der Waals surface area (Å²) in [5, 5.41) is 4.49. The molecule has 6 heteroatoms. The number of nitrogens with zero attached hydrogens (tertiary/aromatic N) is 2. The molecular formula is C18H27BN2O3. The standard InChI is InChI=1S/C18H27BN2O3/c1-17(2)18(3,4)24-19(23-17)15-7-8-22-16(9-15)14-10-20-21(12-14)11-13-5-6-13/h9-10,12-13,16H,5-8,11H2,1-4H3. The van der Waals surface area contributed by atoms with E-state index in [1.54, 1.807) is 0 Å². The molecule has 1 saturated heterocycles. The molecule has 0 bridgehead atoms. The summed E-state index contributed by atoms with van der Waals surface area (Å²) in [4.78, 5) is 0. The summed E-state index contributed by atoms with van der Waals surface area (Å²) in [6.45, 7) is 10.1. The molecule has 1 saturated carbocycles. The van der Waals surface area contributed by atoms with Gasteiger partial charge in [0.1, 0.15) is 6.10 Å². The average Bonchev–Trinajstić information content (AvgIpc) is 3.15. The molecule has 2 aliphatic heterocycles. The highest BCUT2D eigenvalue weighted by molar-refractivity contribution is 6.54. The Morgan fingerprint density at radius 2 is 1.92 bits per heavy atom. The SMILES string of the molecule is CC1(C)OB(C2=CC(c3cnn(CC4CC4)c3)OCC2)OC1(C)C. The van der Waals surface area contributed by atoms with Gasteiger partial charge in [0, 0.05) is 18.3 Å². The zero-order chi connectivity index (χ0) is 16.9. The molecule has 0 N–H and O–H groups in total. The third-order valence-corrected chi connectivity index (χ3v) is 5.73. The minimum absolute atomic E-state index is 0.0549. The zero-order valence-electron chi connectivity index (χ0n) is 15.1. The first-order chi connectivity index (χ1) is 11.3. The van der Waals surface area contributed by atoms with Gasteiger partial charge in [0.2, 0.25) is 0 Å². The maximum Gasteiger partial charge on any atom is 0.490 e. The number of hydrogen-bond acceptors (Lipinski definition) is 4. The maximum atomic E-state index is 6.19. The molecule has 1 aliphatic carbocycles. The summed E-state index contributed by atoms with van der Waals surface area (Å²) >= 11 is 0. The van der Waals surface area contributed by atoms with Gasteiger partial charge in [-0.1, -0.05) is 6.08 Å². The molecule has 1 unspecified atom stereocenters. The highest BCUT2D eigenvalue weighted by Gasteiger charge is 2.52. The topological polar surface area (TPSA) is 45.5 Å². The van der Waals surface area contributed by atoms with E-state index < -0.39 is 0 Å². The van der Waals surface area contributed by atoms with Crippen molar-refractivity contribution in [1.82, 2.24) is 9.78 Å². The van der Waals surface area contributed by atoms with E-state index in [1.165, 1.54) is 18.3 Å². The van der Waals surface area contributed by atoms with Crippen LogP contribution in [0.15, 0.2) is 23.9 Å². The van der Waals surface area contributed by atoms with Crippen molar-refractivity contribution in [2.24, 2.45) is 5.92 Å². The van der Waals surface area contributed by atoms with E-state index in [9.17, 15) is 0 Å². The van der Waals surface area contributed by atoms with Gasteiger partial charge in [-0.3, -0.25) is 4.68 Å². The van der Waals surface area contributed by atoms with Crippen LogP contribution >= 0.6 is 0 Å². The lowest BCUT2D eigenvalue weighted by Gasteiger charge is -2.32. The Hall–Kier alpha value is -1.11. The third kappa shape index (κ3) is 3.07. The lowest BCUT2D eigenvalue weighted by molar-refractivity contribution is 0.00578. The second kappa shape index (κ2) is 5.72. The molecule has 0 aromatic carbocycles. The van der Waals surface area contributed by atoms with Gasteiger partial charge in [0.15, 0.2) is 0 Å². The van der Waals surface area contributed by atoms with Crippen molar-refractivity contribution < 1.29 is 14.0 Å². The first-order valence-corrected chi connectivity index (χ1v) is 9.04. The van der Waals surface area contributed by atoms with Gasteiger partial charge in [0.05, 0.1) is 24.0 Å². The molecule has 5 nitrogen and oxygen atoms in total. The fourth-order valence-electron chi connectivity index (χ4n) is 3.20. The van der Waals surface area contributed by atoms with Crippen molar-refractivity contribution in [3.63, 3.8) is 0 Å². The molecule has 2 fully saturated rings. The van der Waals surface area contributed by atoms with Gasteiger partial charge in [-0.15, -0.1) is 0 Å². The molecule has 0 radical (unpaired) electrons. The van der Waals surface area contributed by atoms with Crippen LogP contribution in [0.5, 0.6) is 0 Å². The molecule has 0 amide bonds. The predicted octanol–water partition coefficient (Wildman–Crippen LogP) is 3.31. The van der Waals surface area contributed by atoms with Crippen LogP contribution in [0.1, 0.15) is 58.6 Å². The minimum Gasteiger partial charge on any atom is -0.400 e. The Kier molecular flexibility index (Phi) is 3.90. The molecule has 1 aromatic rings. The lowest BCUT2D eigenvalue weighted by Crippen LogP contribution is -2.41. The quantitative estimate of drug-likeness (QED) is 0.795. The summed E-state index contributed by atoms with van der Waals surface area (Å²) in [7, 11) is -0.275. The Morgan fingerprint density at radius 3 is 2.58 bits per heavy atom. The van der Waals surface area contributed by atoms with E-state index in [2.05, 4.69) is 45.1 Å². The van der Waals surface area contributed by atoms with Crippen LogP contribution in [-0.2, 0) is 20.6 Å². The van der Waals surface area contributed by atoms with E-state index in [0.29, 0.717) is 6.61 Å². The predicted molar refractivity (Wildman–Crippen MR) is 92.4 cm³/mol. The highest BCUT2D eigenvalue weighted by Crippen LogP contribution is 2.40. The van der Waals surface area contributed by atoms with Crippen molar-refractivity contribution in [3.8, 4) is 0 Å². The fraction of sp³-hybridized carbons (Fsp3) is 0.722. The largest absolute Gasteiger partial charge is 0.490 e. The molecule has 3 aliphatic rings. The summed E-state index contributed by atoms with van der Waals surface area (Å²) in [6, 6.07) is 0. The van der Waals surface area contributed by atoms with E-state index in [0.717, 1.165) is 24.4 Å². The Morgan fingerprint density at radius 1 is 1.21 bits per heavy atom. The normalized spacial score (nSPS) is 28.9. The number of ether oxygens (including phenoxy) is 1. The Bertz CT molecular complexity index is 632. The van der Waals surface area contributed by atoms with Gasteiger partial charge in [-0.2, -0.15) is 5.10 Å². The summed E-state index contributed by atoms with van der Waals surface area (Å²) in [6.07, 6.45) is 9.67. The first-order valence-electron chi connectivity index (χ1n) is 9.04. The molecule has 1 atom stereocenters. The fourth-order valence-corrected chi connectivity index (χ4v) is 3.20. The molecule has 3 heterocycles. The minimum atomic E-state index is -0.304. The Labute approximate surface area is 144 Å². The van der Waals surface area contributed by atoms with E-state index >= 15 is 0 Å². The van der Waals surface area contributed by atoms with Gasteiger partial charge < -0.3 is 14.0 Å². The third-order valence-electron chi connectivity index (χ3n) is 5.73. The maximum absolute atomic E-state index is 6.19. The van der Waals surface area contributed by atoms with Gasteiger partial charge in [-0.05, 0) is 58.3 Å². The summed E-state index contributed by atoms with van der Waals surface area (Å²) in [5.74, 6) is 0.820. The van der Waals surface area contributed by atoms with Crippen LogP contribution < -0.4 is 0 Å². The second-order valence-electron chi connectivity index (χ2n) is 8.31. The number of hydrogen-bond donors (Lipinski definition) is 0. The van der Waals surface area contributed by atoms with Gasteiger partial charge in [-0.25, -0.2) is 0 Å². The van der Waals surface area contributed by atoms with Crippen LogP contribution in [0, 0.1) is 5.92 Å². The average molecular weight is 330 g/mol. The number of rotatable bonds is 4. The van der Waals surface area contributed by atoms with Crippen molar-refractivity contribution in [3.05, 3.63) is 29.5 Å². The Balaban J connectivity index is 1.49.